The van der Waals surface area contributed by atoms with Crippen LogP contribution in [-0.4, -0.2) is 41.2 Å². The first-order valence-electron chi connectivity index (χ1n) is 9.44. The number of carbonyl (C=O) groups is 1. The van der Waals surface area contributed by atoms with Crippen LogP contribution in [0.1, 0.15) is 37.1 Å². The number of hydrogen-bond acceptors (Lipinski definition) is 4. The van der Waals surface area contributed by atoms with Crippen molar-refractivity contribution in [2.24, 2.45) is 11.8 Å². The molecule has 5 heteroatoms. The number of aliphatic hydroxyl groups excluding tert-OH is 1. The van der Waals surface area contributed by atoms with E-state index >= 15 is 0 Å². The number of nitrogens with zero attached hydrogens (tertiary/aromatic N) is 1. The molecular weight excluding hydrogens is 328 g/mol. The zero-order valence-electron chi connectivity index (χ0n) is 15.4. The van der Waals surface area contributed by atoms with E-state index in [2.05, 4.69) is 41.1 Å². The van der Waals surface area contributed by atoms with Gasteiger partial charge in [-0.25, -0.2) is 4.79 Å². The van der Waals surface area contributed by atoms with E-state index in [1.165, 1.54) is 29.3 Å². The van der Waals surface area contributed by atoms with Crippen molar-refractivity contribution in [3.8, 4) is 0 Å². The maximum absolute atomic E-state index is 12.2. The summed E-state index contributed by atoms with van der Waals surface area (Å²) in [5.41, 5.74) is 4.27. The van der Waals surface area contributed by atoms with Gasteiger partial charge in [0, 0.05) is 29.7 Å². The van der Waals surface area contributed by atoms with Crippen molar-refractivity contribution in [1.82, 2.24) is 9.88 Å². The number of hydrogen-bond donors (Lipinski definition) is 2. The molecule has 4 rings (SSSR count). The third-order valence-electron chi connectivity index (χ3n) is 6.27. The van der Waals surface area contributed by atoms with Crippen LogP contribution in [0.4, 0.5) is 0 Å². The lowest BCUT2D eigenvalue weighted by molar-refractivity contribution is -0.137. The molecule has 2 aliphatic rings. The van der Waals surface area contributed by atoms with E-state index in [0.717, 1.165) is 38.6 Å². The van der Waals surface area contributed by atoms with Gasteiger partial charge in [-0.1, -0.05) is 31.5 Å². The van der Waals surface area contributed by atoms with Crippen LogP contribution in [0.5, 0.6) is 0 Å². The van der Waals surface area contributed by atoms with Crippen LogP contribution in [0, 0.1) is 11.8 Å². The minimum Gasteiger partial charge on any atom is -0.515 e. The second kappa shape index (κ2) is 6.80. The van der Waals surface area contributed by atoms with Crippen LogP contribution in [0.15, 0.2) is 36.1 Å². The first-order valence-corrected chi connectivity index (χ1v) is 9.44. The van der Waals surface area contributed by atoms with Crippen LogP contribution in [0.25, 0.3) is 10.9 Å². The third kappa shape index (κ3) is 2.62. The van der Waals surface area contributed by atoms with E-state index in [4.69, 9.17) is 4.74 Å². The number of benzene rings is 1. The molecular formula is C21H26N2O3. The highest BCUT2D eigenvalue weighted by Crippen LogP contribution is 2.45. The average molecular weight is 354 g/mol. The zero-order valence-corrected chi connectivity index (χ0v) is 15.4. The zero-order chi connectivity index (χ0) is 18.3. The van der Waals surface area contributed by atoms with Gasteiger partial charge in [-0.3, -0.25) is 4.90 Å². The third-order valence-corrected chi connectivity index (χ3v) is 6.27. The number of aliphatic hydroxyl groups is 1. The Morgan fingerprint density at radius 1 is 1.42 bits per heavy atom. The Balaban J connectivity index is 1.73. The van der Waals surface area contributed by atoms with Crippen LogP contribution < -0.4 is 0 Å². The molecule has 1 saturated heterocycles. The monoisotopic (exact) mass is 354 g/mol. The number of para-hydroxylation sites is 1. The van der Waals surface area contributed by atoms with Gasteiger partial charge in [-0.15, -0.1) is 0 Å². The molecule has 1 fully saturated rings. The lowest BCUT2D eigenvalue weighted by atomic mass is 9.74. The number of ether oxygens (including phenoxy) is 1. The fourth-order valence-corrected chi connectivity index (χ4v) is 4.93. The Kier molecular flexibility index (Phi) is 4.49. The molecule has 3 atom stereocenters. The Bertz CT molecular complexity index is 854. The standard InChI is InChI=1S/C21H26N2O3/c1-3-13-11-23-9-8-15-14-6-4-5-7-18(14)22-20(15)19(23)10-16(13)17(12-24)21(25)26-2/h4-7,12-13,16,19,22,24H,3,8-11H2,1-2H3/t13-,16-,19+/m0/s1. The lowest BCUT2D eigenvalue weighted by Gasteiger charge is -2.46. The number of methoxy groups -OCH3 is 1. The first kappa shape index (κ1) is 17.2. The summed E-state index contributed by atoms with van der Waals surface area (Å²) in [6.45, 7) is 4.14. The largest absolute Gasteiger partial charge is 0.515 e. The Labute approximate surface area is 153 Å². The van der Waals surface area contributed by atoms with Gasteiger partial charge in [0.05, 0.1) is 25.0 Å². The Hall–Kier alpha value is -2.27. The summed E-state index contributed by atoms with van der Waals surface area (Å²) in [6, 6.07) is 8.70. The van der Waals surface area contributed by atoms with E-state index in [0.29, 0.717) is 11.5 Å². The molecule has 0 bridgehead atoms. The van der Waals surface area contributed by atoms with E-state index in [-0.39, 0.29) is 12.0 Å². The number of H-pyrrole nitrogens is 1. The summed E-state index contributed by atoms with van der Waals surface area (Å²) in [4.78, 5) is 18.3. The topological polar surface area (TPSA) is 65.6 Å². The summed E-state index contributed by atoms with van der Waals surface area (Å²) in [7, 11) is 1.37. The summed E-state index contributed by atoms with van der Waals surface area (Å²) >= 11 is 0. The van der Waals surface area contributed by atoms with Crippen molar-refractivity contribution < 1.29 is 14.6 Å². The summed E-state index contributed by atoms with van der Waals surface area (Å²) < 4.78 is 4.91. The molecule has 3 heterocycles. The van der Waals surface area contributed by atoms with E-state index < -0.39 is 5.97 Å². The summed E-state index contributed by atoms with van der Waals surface area (Å²) in [5.74, 6) is -0.0668. The number of nitrogens with one attached hydrogen (secondary N) is 1. The van der Waals surface area contributed by atoms with E-state index in [1.54, 1.807) is 0 Å². The van der Waals surface area contributed by atoms with Crippen molar-refractivity contribution in [2.45, 2.75) is 32.2 Å². The maximum atomic E-state index is 12.2. The minimum atomic E-state index is -0.419. The molecule has 0 amide bonds. The second-order valence-corrected chi connectivity index (χ2v) is 7.41. The fraction of sp³-hybridized carbons (Fsp3) is 0.476. The maximum Gasteiger partial charge on any atom is 0.337 e. The van der Waals surface area contributed by atoms with Crippen molar-refractivity contribution in [2.75, 3.05) is 20.2 Å². The number of piperidine rings is 1. The fourth-order valence-electron chi connectivity index (χ4n) is 4.93. The number of aromatic amines is 1. The van der Waals surface area contributed by atoms with Crippen molar-refractivity contribution in [3.63, 3.8) is 0 Å². The molecule has 2 aromatic rings. The van der Waals surface area contributed by atoms with Crippen LogP contribution >= 0.6 is 0 Å². The molecule has 5 nitrogen and oxygen atoms in total. The number of rotatable bonds is 3. The molecule has 0 unspecified atom stereocenters. The predicted molar refractivity (Wildman–Crippen MR) is 101 cm³/mol. The molecule has 1 aromatic carbocycles. The van der Waals surface area contributed by atoms with Gasteiger partial charge >= 0.3 is 5.97 Å². The molecule has 0 aliphatic carbocycles. The SMILES string of the molecule is CC[C@H]1CN2CCc3c([nH]c4ccccc34)[C@H]2C[C@@H]1C(=CO)C(=O)OC. The van der Waals surface area contributed by atoms with Crippen LogP contribution in [-0.2, 0) is 16.0 Å². The quantitative estimate of drug-likeness (QED) is 0.501. The van der Waals surface area contributed by atoms with Gasteiger partial charge in [0.25, 0.3) is 0 Å². The van der Waals surface area contributed by atoms with Crippen molar-refractivity contribution in [3.05, 3.63) is 47.4 Å². The van der Waals surface area contributed by atoms with Gasteiger partial charge in [0.1, 0.15) is 0 Å². The molecule has 0 spiro atoms. The molecule has 0 radical (unpaired) electrons. The number of carbonyl (C=O) groups excluding carboxylic acids is 1. The normalized spacial score (nSPS) is 26.4. The Morgan fingerprint density at radius 3 is 2.96 bits per heavy atom. The van der Waals surface area contributed by atoms with E-state index in [9.17, 15) is 9.90 Å². The van der Waals surface area contributed by atoms with Crippen LogP contribution in [0.3, 0.4) is 0 Å². The highest BCUT2D eigenvalue weighted by molar-refractivity contribution is 5.89. The number of fused-ring (bicyclic) bond motifs is 5. The van der Waals surface area contributed by atoms with Gasteiger partial charge in [-0.2, -0.15) is 0 Å². The second-order valence-electron chi connectivity index (χ2n) is 7.41. The molecule has 26 heavy (non-hydrogen) atoms. The van der Waals surface area contributed by atoms with Crippen LogP contribution in [0.2, 0.25) is 0 Å². The van der Waals surface area contributed by atoms with Gasteiger partial charge in [0.2, 0.25) is 0 Å². The van der Waals surface area contributed by atoms with Gasteiger partial charge in [0.15, 0.2) is 0 Å². The first-order chi connectivity index (χ1) is 12.7. The highest BCUT2D eigenvalue weighted by atomic mass is 16.5. The highest BCUT2D eigenvalue weighted by Gasteiger charge is 2.42. The average Bonchev–Trinajstić information content (AvgIpc) is 3.07. The Morgan fingerprint density at radius 2 is 2.23 bits per heavy atom. The number of esters is 1. The van der Waals surface area contributed by atoms with Crippen molar-refractivity contribution in [1.29, 1.82) is 0 Å². The summed E-state index contributed by atoms with van der Waals surface area (Å²) in [6.07, 6.45) is 3.81. The predicted octanol–water partition coefficient (Wildman–Crippen LogP) is 3.73. The molecule has 138 valence electrons. The molecule has 2 aliphatic heterocycles. The molecule has 1 aromatic heterocycles. The van der Waals surface area contributed by atoms with Gasteiger partial charge < -0.3 is 14.8 Å². The van der Waals surface area contributed by atoms with Crippen molar-refractivity contribution >= 4 is 16.9 Å². The lowest BCUT2D eigenvalue weighted by Crippen LogP contribution is -2.46. The summed E-state index contributed by atoms with van der Waals surface area (Å²) in [5, 5.41) is 11.0. The molecule has 0 saturated carbocycles. The van der Waals surface area contributed by atoms with E-state index in [1.807, 2.05) is 0 Å². The smallest absolute Gasteiger partial charge is 0.337 e. The number of aromatic nitrogens is 1. The molecule has 2 N–H and O–H groups in total. The van der Waals surface area contributed by atoms with Gasteiger partial charge in [-0.05, 0) is 36.3 Å². The minimum absolute atomic E-state index is 0.0102.